The summed E-state index contributed by atoms with van der Waals surface area (Å²) < 4.78 is 10.5. The number of carbonyl (C=O) groups excluding carboxylic acids is 1. The summed E-state index contributed by atoms with van der Waals surface area (Å²) in [6.45, 7) is 1.71. The van der Waals surface area contributed by atoms with E-state index in [1.807, 2.05) is 6.92 Å². The van der Waals surface area contributed by atoms with Crippen molar-refractivity contribution in [3.63, 3.8) is 0 Å². The fraction of sp³-hybridized carbons (Fsp3) is 0.308. The van der Waals surface area contributed by atoms with E-state index in [1.54, 1.807) is 24.3 Å². The molecule has 2 aromatic heterocycles. The van der Waals surface area contributed by atoms with Crippen LogP contribution in [-0.4, -0.2) is 17.6 Å². The Hall–Kier alpha value is -2.01. The van der Waals surface area contributed by atoms with Gasteiger partial charge < -0.3 is 19.3 Å². The van der Waals surface area contributed by atoms with Crippen LogP contribution < -0.4 is 5.32 Å². The Morgan fingerprint density at radius 2 is 2.28 bits per heavy atom. The van der Waals surface area contributed by atoms with Crippen molar-refractivity contribution >= 4 is 5.91 Å². The highest BCUT2D eigenvalue weighted by Crippen LogP contribution is 2.15. The molecule has 5 nitrogen and oxygen atoms in total. The van der Waals surface area contributed by atoms with Gasteiger partial charge in [-0.2, -0.15) is 0 Å². The van der Waals surface area contributed by atoms with E-state index in [0.717, 1.165) is 12.2 Å². The van der Waals surface area contributed by atoms with Gasteiger partial charge >= 0.3 is 0 Å². The first-order valence-electron chi connectivity index (χ1n) is 5.78. The molecule has 0 aliphatic rings. The highest BCUT2D eigenvalue weighted by Gasteiger charge is 2.19. The number of nitrogens with one attached hydrogen (secondary N) is 1. The molecule has 0 radical (unpaired) electrons. The van der Waals surface area contributed by atoms with Crippen molar-refractivity contribution in [2.45, 2.75) is 19.4 Å². The highest BCUT2D eigenvalue weighted by atomic mass is 16.4. The predicted molar refractivity (Wildman–Crippen MR) is 64.1 cm³/mol. The van der Waals surface area contributed by atoms with Gasteiger partial charge in [-0.3, -0.25) is 4.79 Å². The van der Waals surface area contributed by atoms with Crippen LogP contribution in [0.15, 0.2) is 39.4 Å². The average Bonchev–Trinajstić information content (AvgIpc) is 3.05. The second-order valence-corrected chi connectivity index (χ2v) is 3.84. The smallest absolute Gasteiger partial charge is 0.287 e. The van der Waals surface area contributed by atoms with Crippen LogP contribution in [0.3, 0.4) is 0 Å². The molecule has 0 saturated heterocycles. The molecule has 96 valence electrons. The monoisotopic (exact) mass is 249 g/mol. The minimum Gasteiger partial charge on any atom is -0.467 e. The van der Waals surface area contributed by atoms with Gasteiger partial charge in [-0.15, -0.1) is 0 Å². The third-order valence-electron chi connectivity index (χ3n) is 2.61. The topological polar surface area (TPSA) is 75.6 Å². The van der Waals surface area contributed by atoms with Crippen molar-refractivity contribution in [3.05, 3.63) is 47.8 Å². The lowest BCUT2D eigenvalue weighted by Gasteiger charge is -2.12. The number of rotatable bonds is 5. The van der Waals surface area contributed by atoms with Crippen LogP contribution in [0.2, 0.25) is 0 Å². The zero-order chi connectivity index (χ0) is 13.0. The predicted octanol–water partition coefficient (Wildman–Crippen LogP) is 1.90. The second-order valence-electron chi connectivity index (χ2n) is 3.84. The molecule has 0 aliphatic heterocycles. The van der Waals surface area contributed by atoms with Gasteiger partial charge in [-0.1, -0.05) is 6.92 Å². The number of aliphatic hydroxyl groups excluding tert-OH is 1. The Bertz CT molecular complexity index is 501. The van der Waals surface area contributed by atoms with Gasteiger partial charge in [0.2, 0.25) is 0 Å². The fourth-order valence-electron chi connectivity index (χ4n) is 1.62. The van der Waals surface area contributed by atoms with Gasteiger partial charge in [0.15, 0.2) is 5.76 Å². The Kier molecular flexibility index (Phi) is 3.84. The molecular weight excluding hydrogens is 234 g/mol. The Labute approximate surface area is 104 Å². The van der Waals surface area contributed by atoms with E-state index < -0.39 is 6.04 Å². The molecule has 2 rings (SSSR count). The summed E-state index contributed by atoms with van der Waals surface area (Å²) in [5.41, 5.74) is 0. The Balaban J connectivity index is 2.06. The van der Waals surface area contributed by atoms with Crippen molar-refractivity contribution in [1.29, 1.82) is 0 Å². The maximum Gasteiger partial charge on any atom is 0.287 e. The Morgan fingerprint density at radius 1 is 1.44 bits per heavy atom. The number of amides is 1. The lowest BCUT2D eigenvalue weighted by atomic mass is 10.2. The first-order valence-corrected chi connectivity index (χ1v) is 5.78. The molecule has 1 atom stereocenters. The Morgan fingerprint density at radius 3 is 2.83 bits per heavy atom. The molecule has 0 bridgehead atoms. The van der Waals surface area contributed by atoms with Gasteiger partial charge in [-0.05, 0) is 24.3 Å². The average molecular weight is 249 g/mol. The summed E-state index contributed by atoms with van der Waals surface area (Å²) in [5.74, 6) is 1.12. The molecular formula is C13H15NO4. The van der Waals surface area contributed by atoms with E-state index in [2.05, 4.69) is 5.32 Å². The van der Waals surface area contributed by atoms with E-state index in [4.69, 9.17) is 8.83 Å². The van der Waals surface area contributed by atoms with Crippen molar-refractivity contribution in [2.75, 3.05) is 6.61 Å². The molecule has 0 spiro atoms. The van der Waals surface area contributed by atoms with Crippen molar-refractivity contribution in [3.8, 4) is 0 Å². The zero-order valence-electron chi connectivity index (χ0n) is 10.1. The molecule has 0 saturated carbocycles. The maximum atomic E-state index is 11.9. The number of aliphatic hydroxyl groups is 1. The third kappa shape index (κ3) is 2.62. The van der Waals surface area contributed by atoms with Crippen LogP contribution in [0.4, 0.5) is 0 Å². The third-order valence-corrected chi connectivity index (χ3v) is 2.61. The van der Waals surface area contributed by atoms with E-state index in [1.165, 1.54) is 6.26 Å². The van der Waals surface area contributed by atoms with Crippen molar-refractivity contribution < 1.29 is 18.7 Å². The molecule has 5 heteroatoms. The zero-order valence-corrected chi connectivity index (χ0v) is 10.1. The van der Waals surface area contributed by atoms with Gasteiger partial charge in [0.25, 0.3) is 5.91 Å². The van der Waals surface area contributed by atoms with Gasteiger partial charge in [0.1, 0.15) is 17.6 Å². The summed E-state index contributed by atoms with van der Waals surface area (Å²) >= 11 is 0. The summed E-state index contributed by atoms with van der Waals surface area (Å²) in [7, 11) is 0. The lowest BCUT2D eigenvalue weighted by Crippen LogP contribution is -2.30. The molecule has 18 heavy (non-hydrogen) atoms. The number of hydrogen-bond donors (Lipinski definition) is 2. The van der Waals surface area contributed by atoms with Crippen LogP contribution in [0.5, 0.6) is 0 Å². The van der Waals surface area contributed by atoms with Crippen molar-refractivity contribution in [2.24, 2.45) is 0 Å². The molecule has 2 N–H and O–H groups in total. The summed E-state index contributed by atoms with van der Waals surface area (Å²) in [6, 6.07) is 6.20. The number of carbonyl (C=O) groups is 1. The summed E-state index contributed by atoms with van der Waals surface area (Å²) in [6.07, 6.45) is 2.22. The van der Waals surface area contributed by atoms with Crippen LogP contribution in [0, 0.1) is 0 Å². The molecule has 0 fully saturated rings. The van der Waals surface area contributed by atoms with Crippen LogP contribution in [0.1, 0.15) is 35.0 Å². The van der Waals surface area contributed by atoms with Crippen molar-refractivity contribution in [1.82, 2.24) is 5.32 Å². The molecule has 2 heterocycles. The summed E-state index contributed by atoms with van der Waals surface area (Å²) in [5, 5.41) is 11.9. The largest absolute Gasteiger partial charge is 0.467 e. The van der Waals surface area contributed by atoms with Crippen LogP contribution in [0.25, 0.3) is 0 Å². The number of furan rings is 2. The first-order chi connectivity index (χ1) is 8.74. The number of hydrogen-bond acceptors (Lipinski definition) is 4. The molecule has 1 amide bonds. The maximum absolute atomic E-state index is 11.9. The molecule has 2 aromatic rings. The standard InChI is InChI=1S/C13H15NO4/c1-2-9-5-6-12(18-9)13(16)14-10(8-15)11-4-3-7-17-11/h3-7,10,15H,2,8H2,1H3,(H,14,16). The quantitative estimate of drug-likeness (QED) is 0.848. The minimum atomic E-state index is -0.567. The van der Waals surface area contributed by atoms with Gasteiger partial charge in [-0.25, -0.2) is 0 Å². The van der Waals surface area contributed by atoms with E-state index >= 15 is 0 Å². The van der Waals surface area contributed by atoms with Gasteiger partial charge in [0.05, 0.1) is 12.9 Å². The van der Waals surface area contributed by atoms with E-state index in [9.17, 15) is 9.90 Å². The van der Waals surface area contributed by atoms with Crippen LogP contribution in [-0.2, 0) is 6.42 Å². The van der Waals surface area contributed by atoms with Crippen LogP contribution >= 0.6 is 0 Å². The molecule has 1 unspecified atom stereocenters. The molecule has 0 aliphatic carbocycles. The SMILES string of the molecule is CCc1ccc(C(=O)NC(CO)c2ccco2)o1. The summed E-state index contributed by atoms with van der Waals surface area (Å²) in [4.78, 5) is 11.9. The van der Waals surface area contributed by atoms with E-state index in [-0.39, 0.29) is 18.3 Å². The highest BCUT2D eigenvalue weighted by molar-refractivity contribution is 5.91. The second kappa shape index (κ2) is 5.55. The van der Waals surface area contributed by atoms with Gasteiger partial charge in [0, 0.05) is 6.42 Å². The lowest BCUT2D eigenvalue weighted by molar-refractivity contribution is 0.0877. The first kappa shape index (κ1) is 12.4. The molecule has 0 aromatic carbocycles. The number of aryl methyl sites for hydroxylation is 1. The fourth-order valence-corrected chi connectivity index (χ4v) is 1.62. The normalized spacial score (nSPS) is 12.3. The minimum absolute atomic E-state index is 0.233. The van der Waals surface area contributed by atoms with E-state index in [0.29, 0.717) is 5.76 Å².